The summed E-state index contributed by atoms with van der Waals surface area (Å²) in [5, 5.41) is 5.85. The number of Topliss-reactive ketones (excluding diaryl/α,β-unsaturated/α-hetero) is 2. The van der Waals surface area contributed by atoms with Crippen LogP contribution in [0.2, 0.25) is 0 Å². The average molecular weight is 577 g/mol. The lowest BCUT2D eigenvalue weighted by Gasteiger charge is -2.17. The second-order valence-corrected chi connectivity index (χ2v) is 10.2. The Morgan fingerprint density at radius 3 is 1.30 bits per heavy atom. The molecule has 0 fully saturated rings. The maximum absolute atomic E-state index is 13.2. The minimum Gasteiger partial charge on any atom is -0.352 e. The van der Waals surface area contributed by atoms with E-state index in [2.05, 4.69) is 10.6 Å². The Kier molecular flexibility index (Phi) is 7.94. The summed E-state index contributed by atoms with van der Waals surface area (Å²) in [5.74, 6) is -3.78. The van der Waals surface area contributed by atoms with Gasteiger partial charge in [-0.25, -0.2) is 8.78 Å². The molecule has 0 unspecified atom stereocenters. The molecule has 0 aromatic heterocycles. The van der Waals surface area contributed by atoms with Crippen molar-refractivity contribution in [3.8, 4) is 0 Å². The standard InChI is InChI=1S/C18H13F2NO2.C17H13NO2/c1-18(19,20)11-6-8-12(9-7-11)21-15-10-16(22)13-4-2-3-5-14(13)17(15)23;1-11-6-8-12(9-7-11)18-15-10-16(19)13-4-2-3-5-14(13)17(15)20/h2-10,21H,1H3;2-10,18H,1H3. The molecule has 0 saturated carbocycles. The molecule has 0 radical (unpaired) electrons. The molecule has 0 bridgehead atoms. The SMILES string of the molecule is CC(F)(F)c1ccc(NC2=CC(=O)c3ccccc3C2=O)cc1.Cc1ccc(NC2=CC(=O)c3ccccc3C2=O)cc1. The summed E-state index contributed by atoms with van der Waals surface area (Å²) >= 11 is 0. The molecule has 4 aromatic carbocycles. The van der Waals surface area contributed by atoms with Crippen molar-refractivity contribution in [2.45, 2.75) is 19.8 Å². The van der Waals surface area contributed by atoms with Gasteiger partial charge in [0, 0.05) is 58.3 Å². The summed E-state index contributed by atoms with van der Waals surface area (Å²) in [6, 6.07) is 26.6. The van der Waals surface area contributed by atoms with Crippen LogP contribution in [0.1, 0.15) is 59.5 Å². The van der Waals surface area contributed by atoms with E-state index in [-0.39, 0.29) is 34.4 Å². The largest absolute Gasteiger partial charge is 0.352 e. The number of fused-ring (bicyclic) bond motifs is 2. The maximum atomic E-state index is 13.2. The van der Waals surface area contributed by atoms with Crippen molar-refractivity contribution in [3.63, 3.8) is 0 Å². The fourth-order valence-corrected chi connectivity index (χ4v) is 4.61. The van der Waals surface area contributed by atoms with Crippen LogP contribution in [0.25, 0.3) is 0 Å². The molecule has 6 rings (SSSR count). The Morgan fingerprint density at radius 1 is 0.535 bits per heavy atom. The molecule has 2 aliphatic rings. The molecule has 43 heavy (non-hydrogen) atoms. The second kappa shape index (κ2) is 11.8. The smallest absolute Gasteiger partial charge is 0.270 e. The van der Waals surface area contributed by atoms with Crippen LogP contribution in [0, 0.1) is 6.92 Å². The van der Waals surface area contributed by atoms with Gasteiger partial charge < -0.3 is 10.6 Å². The molecule has 0 atom stereocenters. The molecule has 2 N–H and O–H groups in total. The van der Waals surface area contributed by atoms with E-state index in [4.69, 9.17) is 0 Å². The Balaban J connectivity index is 0.000000173. The van der Waals surface area contributed by atoms with Crippen molar-refractivity contribution < 1.29 is 28.0 Å². The zero-order valence-electron chi connectivity index (χ0n) is 23.3. The molecule has 2 aliphatic carbocycles. The summed E-state index contributed by atoms with van der Waals surface area (Å²) in [4.78, 5) is 48.8. The van der Waals surface area contributed by atoms with Gasteiger partial charge in [-0.2, -0.15) is 0 Å². The number of alkyl halides is 2. The highest BCUT2D eigenvalue weighted by Crippen LogP contribution is 2.29. The van der Waals surface area contributed by atoms with Crippen LogP contribution in [0.5, 0.6) is 0 Å². The first-order chi connectivity index (χ1) is 20.5. The van der Waals surface area contributed by atoms with E-state index in [1.54, 1.807) is 48.5 Å². The third-order valence-corrected chi connectivity index (χ3v) is 6.92. The van der Waals surface area contributed by atoms with Crippen molar-refractivity contribution in [2.75, 3.05) is 10.6 Å². The number of nitrogens with one attached hydrogen (secondary N) is 2. The number of halogens is 2. The Morgan fingerprint density at radius 2 is 0.907 bits per heavy atom. The van der Waals surface area contributed by atoms with Crippen LogP contribution in [0.4, 0.5) is 20.2 Å². The van der Waals surface area contributed by atoms with Crippen molar-refractivity contribution in [1.82, 2.24) is 0 Å². The van der Waals surface area contributed by atoms with Crippen LogP contribution in [-0.2, 0) is 5.92 Å². The molecule has 8 heteroatoms. The first-order valence-corrected chi connectivity index (χ1v) is 13.4. The van der Waals surface area contributed by atoms with Gasteiger partial charge >= 0.3 is 0 Å². The number of hydrogen-bond acceptors (Lipinski definition) is 6. The van der Waals surface area contributed by atoms with Gasteiger partial charge in [0.1, 0.15) is 0 Å². The quantitative estimate of drug-likeness (QED) is 0.255. The Hall–Kier alpha value is -5.50. The molecule has 214 valence electrons. The number of carbonyl (C=O) groups excluding carboxylic acids is 4. The number of rotatable bonds is 5. The monoisotopic (exact) mass is 576 g/mol. The zero-order valence-corrected chi connectivity index (χ0v) is 23.3. The highest BCUT2D eigenvalue weighted by Gasteiger charge is 2.27. The van der Waals surface area contributed by atoms with Gasteiger partial charge in [-0.1, -0.05) is 78.4 Å². The fraction of sp³-hybridized carbons (Fsp3) is 0.0857. The molecule has 0 saturated heterocycles. The molecule has 4 aromatic rings. The molecule has 6 nitrogen and oxygen atoms in total. The second-order valence-electron chi connectivity index (χ2n) is 10.2. The van der Waals surface area contributed by atoms with Gasteiger partial charge in [-0.05, 0) is 31.2 Å². The number of aryl methyl sites for hydroxylation is 1. The van der Waals surface area contributed by atoms with Gasteiger partial charge in [0.05, 0.1) is 11.4 Å². The lowest BCUT2D eigenvalue weighted by atomic mass is 9.92. The third kappa shape index (κ3) is 6.38. The van der Waals surface area contributed by atoms with Crippen molar-refractivity contribution in [1.29, 1.82) is 0 Å². The van der Waals surface area contributed by atoms with Crippen LogP contribution in [0.15, 0.2) is 121 Å². The molecular formula is C35H26F2N2O4. The normalized spacial score (nSPS) is 14.0. The lowest BCUT2D eigenvalue weighted by Crippen LogP contribution is -2.21. The van der Waals surface area contributed by atoms with E-state index < -0.39 is 5.92 Å². The predicted octanol–water partition coefficient (Wildman–Crippen LogP) is 7.54. The van der Waals surface area contributed by atoms with Crippen molar-refractivity contribution in [2.24, 2.45) is 0 Å². The summed E-state index contributed by atoms with van der Waals surface area (Å²) in [5.41, 5.74) is 4.34. The van der Waals surface area contributed by atoms with E-state index in [9.17, 15) is 28.0 Å². The number of carbonyl (C=O) groups is 4. The highest BCUT2D eigenvalue weighted by atomic mass is 19.3. The summed E-state index contributed by atoms with van der Waals surface area (Å²) in [6.45, 7) is 2.81. The summed E-state index contributed by atoms with van der Waals surface area (Å²) < 4.78 is 26.4. The number of allylic oxidation sites excluding steroid dienone is 4. The predicted molar refractivity (Wildman–Crippen MR) is 161 cm³/mol. The van der Waals surface area contributed by atoms with Crippen molar-refractivity contribution >= 4 is 34.5 Å². The Labute approximate surface area is 246 Å². The van der Waals surface area contributed by atoms with Crippen LogP contribution in [0.3, 0.4) is 0 Å². The van der Waals surface area contributed by atoms with Crippen LogP contribution in [-0.4, -0.2) is 23.1 Å². The number of ketones is 4. The van der Waals surface area contributed by atoms with Gasteiger partial charge in [0.15, 0.2) is 11.6 Å². The van der Waals surface area contributed by atoms with E-state index in [1.165, 1.54) is 36.4 Å². The molecule has 0 heterocycles. The van der Waals surface area contributed by atoms with E-state index >= 15 is 0 Å². The van der Waals surface area contributed by atoms with E-state index in [0.717, 1.165) is 18.2 Å². The molecule has 0 amide bonds. The van der Waals surface area contributed by atoms with Crippen LogP contribution >= 0.6 is 0 Å². The minimum atomic E-state index is -2.92. The number of benzene rings is 4. The number of anilines is 2. The first kappa shape index (κ1) is 29.0. The molecular weight excluding hydrogens is 550 g/mol. The highest BCUT2D eigenvalue weighted by molar-refractivity contribution is 6.26. The van der Waals surface area contributed by atoms with Gasteiger partial charge in [0.25, 0.3) is 5.92 Å². The lowest BCUT2D eigenvalue weighted by molar-refractivity contribution is 0.0174. The topological polar surface area (TPSA) is 92.3 Å². The zero-order chi connectivity index (χ0) is 30.7. The number of hydrogen-bond donors (Lipinski definition) is 2. The molecule has 0 spiro atoms. The van der Waals surface area contributed by atoms with Gasteiger partial charge in [-0.3, -0.25) is 19.2 Å². The van der Waals surface area contributed by atoms with Crippen LogP contribution < -0.4 is 10.6 Å². The minimum absolute atomic E-state index is 0.117. The van der Waals surface area contributed by atoms with Gasteiger partial charge in [0.2, 0.25) is 11.6 Å². The maximum Gasteiger partial charge on any atom is 0.270 e. The average Bonchev–Trinajstić information content (AvgIpc) is 3.00. The summed E-state index contributed by atoms with van der Waals surface area (Å²) in [6.07, 6.45) is 2.59. The third-order valence-electron chi connectivity index (χ3n) is 6.92. The summed E-state index contributed by atoms with van der Waals surface area (Å²) in [7, 11) is 0. The molecule has 0 aliphatic heterocycles. The first-order valence-electron chi connectivity index (χ1n) is 13.4. The fourth-order valence-electron chi connectivity index (χ4n) is 4.61. The van der Waals surface area contributed by atoms with E-state index in [1.807, 2.05) is 31.2 Å². The van der Waals surface area contributed by atoms with Crippen molar-refractivity contribution in [3.05, 3.63) is 154 Å². The Bertz CT molecular complexity index is 1820. The van der Waals surface area contributed by atoms with E-state index in [0.29, 0.717) is 33.6 Å². The van der Waals surface area contributed by atoms with Gasteiger partial charge in [-0.15, -0.1) is 0 Å².